The van der Waals surface area contributed by atoms with Crippen LogP contribution in [0, 0.1) is 0 Å². The van der Waals surface area contributed by atoms with Crippen molar-refractivity contribution in [3.05, 3.63) is 11.5 Å². The minimum absolute atomic E-state index is 0.323. The van der Waals surface area contributed by atoms with Gasteiger partial charge < -0.3 is 13.9 Å². The first-order valence-corrected chi connectivity index (χ1v) is 4.25. The zero-order valence-electron chi connectivity index (χ0n) is 7.64. The van der Waals surface area contributed by atoms with Crippen LogP contribution in [0.1, 0.15) is 19.8 Å². The van der Waals surface area contributed by atoms with Gasteiger partial charge in [0.15, 0.2) is 5.76 Å². The lowest BCUT2D eigenvalue weighted by Gasteiger charge is -2.24. The second kappa shape index (κ2) is 3.49. The van der Waals surface area contributed by atoms with Crippen LogP contribution in [0.2, 0.25) is 0 Å². The van der Waals surface area contributed by atoms with Gasteiger partial charge in [-0.1, -0.05) is 0 Å². The predicted octanol–water partition coefficient (Wildman–Crippen LogP) is 1.14. The SMILES string of the molecule is COC1=C(O[Si])CCC1(C)OC. The van der Waals surface area contributed by atoms with Gasteiger partial charge in [-0.25, -0.2) is 0 Å². The van der Waals surface area contributed by atoms with Gasteiger partial charge in [0.25, 0.3) is 0 Å². The fourth-order valence-corrected chi connectivity index (χ4v) is 1.69. The summed E-state index contributed by atoms with van der Waals surface area (Å²) in [5.41, 5.74) is -0.323. The predicted molar refractivity (Wildman–Crippen MR) is 45.5 cm³/mol. The van der Waals surface area contributed by atoms with E-state index < -0.39 is 0 Å². The molecule has 0 heterocycles. The fraction of sp³-hybridized carbons (Fsp3) is 0.750. The smallest absolute Gasteiger partial charge is 0.340 e. The summed E-state index contributed by atoms with van der Waals surface area (Å²) in [6, 6.07) is 0. The van der Waals surface area contributed by atoms with Gasteiger partial charge in [0.2, 0.25) is 0 Å². The highest BCUT2D eigenvalue weighted by atomic mass is 28.2. The Kier molecular flexibility index (Phi) is 2.79. The first-order valence-electron chi connectivity index (χ1n) is 3.84. The number of rotatable bonds is 3. The monoisotopic (exact) mass is 185 g/mol. The summed E-state index contributed by atoms with van der Waals surface area (Å²) in [5.74, 6) is 1.60. The number of hydrogen-bond donors (Lipinski definition) is 0. The molecule has 0 bridgehead atoms. The van der Waals surface area contributed by atoms with Crippen LogP contribution in [0.25, 0.3) is 0 Å². The molecule has 0 aliphatic heterocycles. The Morgan fingerprint density at radius 2 is 2.08 bits per heavy atom. The zero-order valence-corrected chi connectivity index (χ0v) is 8.64. The molecule has 0 fully saturated rings. The second-order valence-electron chi connectivity index (χ2n) is 2.99. The molecule has 0 spiro atoms. The van der Waals surface area contributed by atoms with Gasteiger partial charge in [0.1, 0.15) is 11.4 Å². The summed E-state index contributed by atoms with van der Waals surface area (Å²) >= 11 is 0. The van der Waals surface area contributed by atoms with Crippen LogP contribution in [0.3, 0.4) is 0 Å². The molecule has 1 unspecified atom stereocenters. The van der Waals surface area contributed by atoms with Crippen molar-refractivity contribution in [1.82, 2.24) is 0 Å². The Morgan fingerprint density at radius 1 is 1.42 bits per heavy atom. The van der Waals surface area contributed by atoms with E-state index in [-0.39, 0.29) is 5.60 Å². The van der Waals surface area contributed by atoms with Crippen molar-refractivity contribution < 1.29 is 13.9 Å². The topological polar surface area (TPSA) is 27.7 Å². The van der Waals surface area contributed by atoms with E-state index in [1.54, 1.807) is 14.2 Å². The van der Waals surface area contributed by atoms with Gasteiger partial charge >= 0.3 is 10.5 Å². The van der Waals surface area contributed by atoms with Gasteiger partial charge in [0, 0.05) is 13.5 Å². The standard InChI is InChI=1S/C8H13O3Si/c1-8(10-3)5-4-6(11-12)7(8)9-2/h4-5H2,1-3H3. The van der Waals surface area contributed by atoms with E-state index in [1.807, 2.05) is 6.92 Å². The summed E-state index contributed by atoms with van der Waals surface area (Å²) in [6.07, 6.45) is 1.74. The van der Waals surface area contributed by atoms with Gasteiger partial charge in [-0.15, -0.1) is 0 Å². The zero-order chi connectivity index (χ0) is 9.19. The quantitative estimate of drug-likeness (QED) is 0.617. The lowest BCUT2D eigenvalue weighted by atomic mass is 10.1. The highest BCUT2D eigenvalue weighted by molar-refractivity contribution is 5.98. The molecule has 1 aliphatic rings. The molecule has 0 saturated carbocycles. The molecule has 0 aromatic heterocycles. The van der Waals surface area contributed by atoms with Crippen molar-refractivity contribution in [1.29, 1.82) is 0 Å². The summed E-state index contributed by atoms with van der Waals surface area (Å²) in [4.78, 5) is 0. The van der Waals surface area contributed by atoms with E-state index in [4.69, 9.17) is 13.9 Å². The summed E-state index contributed by atoms with van der Waals surface area (Å²) in [7, 11) is 6.30. The van der Waals surface area contributed by atoms with Crippen LogP contribution in [0.4, 0.5) is 0 Å². The first kappa shape index (κ1) is 9.60. The summed E-state index contributed by atoms with van der Waals surface area (Å²) < 4.78 is 15.6. The normalized spacial score (nSPS) is 29.3. The number of allylic oxidation sites excluding steroid dienone is 1. The average Bonchev–Trinajstić information content (AvgIpc) is 2.43. The third-order valence-corrected chi connectivity index (χ3v) is 2.59. The second-order valence-corrected chi connectivity index (χ2v) is 3.20. The van der Waals surface area contributed by atoms with Crippen molar-refractivity contribution in [3.8, 4) is 0 Å². The minimum Gasteiger partial charge on any atom is -0.541 e. The van der Waals surface area contributed by atoms with Gasteiger partial charge in [0.05, 0.1) is 7.11 Å². The van der Waals surface area contributed by atoms with E-state index in [0.717, 1.165) is 24.4 Å². The maximum absolute atomic E-state index is 5.35. The molecule has 0 aromatic carbocycles. The lowest BCUT2D eigenvalue weighted by Crippen LogP contribution is -2.27. The highest BCUT2D eigenvalue weighted by Crippen LogP contribution is 2.38. The van der Waals surface area contributed by atoms with Crippen molar-refractivity contribution >= 4 is 10.5 Å². The third kappa shape index (κ3) is 1.36. The number of ether oxygens (including phenoxy) is 2. The van der Waals surface area contributed by atoms with Gasteiger partial charge in [-0.05, 0) is 13.3 Å². The van der Waals surface area contributed by atoms with Crippen LogP contribution in [0.15, 0.2) is 11.5 Å². The fourth-order valence-electron chi connectivity index (χ4n) is 1.50. The Morgan fingerprint density at radius 3 is 2.50 bits per heavy atom. The maximum atomic E-state index is 5.35. The molecular weight excluding hydrogens is 172 g/mol. The molecule has 3 nitrogen and oxygen atoms in total. The third-order valence-electron chi connectivity index (χ3n) is 2.34. The van der Waals surface area contributed by atoms with Crippen LogP contribution < -0.4 is 0 Å². The van der Waals surface area contributed by atoms with Crippen molar-refractivity contribution in [2.24, 2.45) is 0 Å². The lowest BCUT2D eigenvalue weighted by molar-refractivity contribution is -0.00165. The largest absolute Gasteiger partial charge is 0.541 e. The first-order chi connectivity index (χ1) is 5.68. The molecule has 0 aromatic rings. The van der Waals surface area contributed by atoms with Crippen LogP contribution >= 0.6 is 0 Å². The minimum atomic E-state index is -0.323. The molecule has 1 rings (SSSR count). The van der Waals surface area contributed by atoms with E-state index in [0.29, 0.717) is 0 Å². The molecule has 3 radical (unpaired) electrons. The van der Waals surface area contributed by atoms with Crippen LogP contribution in [-0.2, 0) is 13.9 Å². The molecular formula is C8H13O3Si. The number of hydrogen-bond acceptors (Lipinski definition) is 3. The average molecular weight is 185 g/mol. The Bertz CT molecular complexity index is 202. The van der Waals surface area contributed by atoms with Gasteiger partial charge in [-0.2, -0.15) is 0 Å². The Hall–Kier alpha value is -0.483. The highest BCUT2D eigenvalue weighted by Gasteiger charge is 2.39. The van der Waals surface area contributed by atoms with Crippen LogP contribution in [-0.4, -0.2) is 30.3 Å². The van der Waals surface area contributed by atoms with E-state index >= 15 is 0 Å². The molecule has 1 atom stereocenters. The van der Waals surface area contributed by atoms with Gasteiger partial charge in [-0.3, -0.25) is 0 Å². The summed E-state index contributed by atoms with van der Waals surface area (Å²) in [6.45, 7) is 1.99. The molecule has 0 amide bonds. The molecule has 0 saturated heterocycles. The Balaban J connectivity index is 2.90. The molecule has 67 valence electrons. The van der Waals surface area contributed by atoms with Crippen molar-refractivity contribution in [2.75, 3.05) is 14.2 Å². The van der Waals surface area contributed by atoms with E-state index in [9.17, 15) is 0 Å². The Labute approximate surface area is 76.2 Å². The summed E-state index contributed by atoms with van der Waals surface area (Å²) in [5, 5.41) is 0. The van der Waals surface area contributed by atoms with Crippen molar-refractivity contribution in [2.45, 2.75) is 25.4 Å². The van der Waals surface area contributed by atoms with E-state index in [1.165, 1.54) is 0 Å². The van der Waals surface area contributed by atoms with Crippen molar-refractivity contribution in [3.63, 3.8) is 0 Å². The maximum Gasteiger partial charge on any atom is 0.340 e. The molecule has 1 aliphatic carbocycles. The molecule has 4 heteroatoms. The van der Waals surface area contributed by atoms with Crippen LogP contribution in [0.5, 0.6) is 0 Å². The molecule has 0 N–H and O–H groups in total. The number of methoxy groups -OCH3 is 2. The van der Waals surface area contributed by atoms with E-state index in [2.05, 4.69) is 10.5 Å². The molecule has 12 heavy (non-hydrogen) atoms.